The van der Waals surface area contributed by atoms with E-state index in [-0.39, 0.29) is 59.1 Å². The van der Waals surface area contributed by atoms with E-state index >= 15 is 0 Å². The molecule has 0 spiro atoms. The number of aliphatic carboxylic acids is 1. The molecule has 5 N–H and O–H groups in total. The van der Waals surface area contributed by atoms with Crippen LogP contribution in [0.2, 0.25) is 0 Å². The van der Waals surface area contributed by atoms with Crippen molar-refractivity contribution in [2.45, 2.75) is 61.4 Å². The van der Waals surface area contributed by atoms with Gasteiger partial charge in [0.05, 0.1) is 12.6 Å². The van der Waals surface area contributed by atoms with Gasteiger partial charge < -0.3 is 58.9 Å². The molecule has 2 aliphatic rings. The normalized spacial score (nSPS) is 41.0. The average Bonchev–Trinajstić information content (AvgIpc) is 2.63. The fourth-order valence-electron chi connectivity index (χ4n) is 2.96. The van der Waals surface area contributed by atoms with E-state index in [1.807, 2.05) is 0 Å². The number of hydrogen-bond donors (Lipinski definition) is 5. The van der Waals surface area contributed by atoms with E-state index in [1.165, 1.54) is 0 Å². The molecule has 2 heterocycles. The summed E-state index contributed by atoms with van der Waals surface area (Å²) in [6.07, 6.45) is -19.3. The number of carboxylic acids is 1. The Kier molecular flexibility index (Phi) is 13.6. The van der Waals surface area contributed by atoms with E-state index < -0.39 is 84.4 Å². The Morgan fingerprint density at radius 1 is 0.968 bits per heavy atom. The van der Waals surface area contributed by atoms with Crippen LogP contribution < -0.4 is 64.2 Å². The Bertz CT molecular complexity index is 664. The van der Waals surface area contributed by atoms with Crippen molar-refractivity contribution in [3.8, 4) is 0 Å². The molecule has 0 aromatic rings. The standard InChI is InChI=1S/C13H22O15S.2Na/c1-24-12-6(17)8(4(15)3(2-14)25-12)26-13-7(18)9(28-29(21,22)23)5(16)10(27-13)11(19)20;;/h3-10,12-18H,2H2,1H3,(H,19,20)(H,21,22,23);;/q;2*+1/p-2/t3-,4+,5+,6-,7-,8+,9+,10+,12-,13-;;/m1../s1. The van der Waals surface area contributed by atoms with E-state index in [0.29, 0.717) is 0 Å². The Morgan fingerprint density at radius 3 is 1.97 bits per heavy atom. The van der Waals surface area contributed by atoms with E-state index in [0.717, 1.165) is 7.11 Å². The second kappa shape index (κ2) is 13.2. The molecule has 0 amide bonds. The third-order valence-corrected chi connectivity index (χ3v) is 4.81. The molecular formula is C13H20Na2O15S. The van der Waals surface area contributed by atoms with Crippen LogP contribution in [0.25, 0.3) is 0 Å². The summed E-state index contributed by atoms with van der Waals surface area (Å²) in [6.45, 7) is -0.748. The van der Waals surface area contributed by atoms with Crippen LogP contribution in [0.1, 0.15) is 0 Å². The Labute approximate surface area is 220 Å². The van der Waals surface area contributed by atoms with Crippen LogP contribution in [-0.4, -0.2) is 120 Å². The van der Waals surface area contributed by atoms with Crippen molar-refractivity contribution in [3.05, 3.63) is 0 Å². The van der Waals surface area contributed by atoms with E-state index in [1.54, 1.807) is 0 Å². The maximum absolute atomic E-state index is 11.2. The minimum Gasteiger partial charge on any atom is -0.726 e. The summed E-state index contributed by atoms with van der Waals surface area (Å²) in [5.74, 6) is -2.06. The molecule has 15 nitrogen and oxygen atoms in total. The van der Waals surface area contributed by atoms with E-state index in [4.69, 9.17) is 18.9 Å². The Morgan fingerprint density at radius 2 is 1.52 bits per heavy atom. The molecule has 0 unspecified atom stereocenters. The third kappa shape index (κ3) is 7.74. The molecule has 2 rings (SSSR count). The molecule has 0 aromatic heterocycles. The summed E-state index contributed by atoms with van der Waals surface area (Å²) in [7, 11) is -4.39. The van der Waals surface area contributed by atoms with Gasteiger partial charge in [-0.3, -0.25) is 4.18 Å². The molecule has 2 fully saturated rings. The second-order valence-corrected chi connectivity index (χ2v) is 7.25. The predicted octanol–water partition coefficient (Wildman–Crippen LogP) is -12.5. The molecule has 170 valence electrons. The summed E-state index contributed by atoms with van der Waals surface area (Å²) < 4.78 is 56.4. The smallest absolute Gasteiger partial charge is 0.726 e. The largest absolute Gasteiger partial charge is 1.00 e. The fourth-order valence-corrected chi connectivity index (χ4v) is 3.46. The minimum atomic E-state index is -5.51. The molecule has 0 radical (unpaired) electrons. The van der Waals surface area contributed by atoms with Gasteiger partial charge in [-0.15, -0.1) is 0 Å². The van der Waals surface area contributed by atoms with Gasteiger partial charge in [0.1, 0.15) is 48.8 Å². The number of carbonyl (C=O) groups excluding carboxylic acids is 1. The van der Waals surface area contributed by atoms with Crippen LogP contribution in [0.15, 0.2) is 0 Å². The third-order valence-electron chi connectivity index (χ3n) is 4.35. The summed E-state index contributed by atoms with van der Waals surface area (Å²) in [5.41, 5.74) is 0. The van der Waals surface area contributed by atoms with Crippen molar-refractivity contribution in [1.82, 2.24) is 0 Å². The van der Waals surface area contributed by atoms with Crippen LogP contribution >= 0.6 is 0 Å². The Balaban J connectivity index is 0.00000450. The number of carboxylic acid groups (broad SMARTS) is 1. The monoisotopic (exact) mass is 494 g/mol. The fraction of sp³-hybridized carbons (Fsp3) is 0.923. The maximum atomic E-state index is 11.2. The van der Waals surface area contributed by atoms with Crippen LogP contribution in [0.4, 0.5) is 0 Å². The molecule has 0 aliphatic carbocycles. The minimum absolute atomic E-state index is 0. The zero-order chi connectivity index (χ0) is 22.1. The summed E-state index contributed by atoms with van der Waals surface area (Å²) in [5, 5.41) is 60.8. The first kappa shape index (κ1) is 32.0. The second-order valence-electron chi connectivity index (χ2n) is 6.24. The molecule has 18 heteroatoms. The Hall–Kier alpha value is 0.980. The number of aliphatic hydroxyl groups excluding tert-OH is 5. The maximum Gasteiger partial charge on any atom is 1.00 e. The van der Waals surface area contributed by atoms with Crippen LogP contribution in [0.3, 0.4) is 0 Å². The van der Waals surface area contributed by atoms with Crippen LogP contribution in [0.5, 0.6) is 0 Å². The van der Waals surface area contributed by atoms with E-state index in [9.17, 15) is 48.4 Å². The molecule has 0 bridgehead atoms. The predicted molar refractivity (Wildman–Crippen MR) is 79.9 cm³/mol. The van der Waals surface area contributed by atoms with E-state index in [2.05, 4.69) is 4.18 Å². The molecule has 2 saturated heterocycles. The van der Waals surface area contributed by atoms with Gasteiger partial charge in [-0.2, -0.15) is 0 Å². The summed E-state index contributed by atoms with van der Waals surface area (Å²) >= 11 is 0. The number of hydrogen-bond acceptors (Lipinski definition) is 15. The average molecular weight is 494 g/mol. The van der Waals surface area contributed by atoms with Gasteiger partial charge in [0, 0.05) is 7.11 Å². The molecular weight excluding hydrogens is 474 g/mol. The van der Waals surface area contributed by atoms with Crippen molar-refractivity contribution in [2.75, 3.05) is 13.7 Å². The van der Waals surface area contributed by atoms with Gasteiger partial charge in [0.25, 0.3) is 0 Å². The van der Waals surface area contributed by atoms with Crippen molar-refractivity contribution in [1.29, 1.82) is 0 Å². The first-order chi connectivity index (χ1) is 13.4. The number of methoxy groups -OCH3 is 1. The van der Waals surface area contributed by atoms with Gasteiger partial charge in [0.15, 0.2) is 12.6 Å². The number of carbonyl (C=O) groups is 1. The number of rotatable bonds is 7. The molecule has 0 saturated carbocycles. The SMILES string of the molecule is CO[C@@H]1O[C@H](CO)[C@H](O)[C@H](O[C@@H]2O[C@H](C(=O)[O-])[C@@H](O)[C@H](OS(=O)(=O)[O-])[C@H]2O)[C@H]1O.[Na+].[Na+]. The molecule has 10 atom stereocenters. The van der Waals surface area contributed by atoms with Gasteiger partial charge in [-0.1, -0.05) is 0 Å². The van der Waals surface area contributed by atoms with Gasteiger partial charge in [-0.25, -0.2) is 8.42 Å². The van der Waals surface area contributed by atoms with Crippen molar-refractivity contribution < 1.29 is 131 Å². The van der Waals surface area contributed by atoms with Crippen molar-refractivity contribution >= 4 is 16.4 Å². The summed E-state index contributed by atoms with van der Waals surface area (Å²) in [6, 6.07) is 0. The van der Waals surface area contributed by atoms with Gasteiger partial charge in [-0.05, 0) is 0 Å². The zero-order valence-electron chi connectivity index (χ0n) is 16.7. The summed E-state index contributed by atoms with van der Waals surface area (Å²) in [4.78, 5) is 11.2. The van der Waals surface area contributed by atoms with Gasteiger partial charge in [0.2, 0.25) is 10.4 Å². The quantitative estimate of drug-likeness (QED) is 0.125. The molecule has 31 heavy (non-hydrogen) atoms. The number of aliphatic hydroxyl groups is 5. The van der Waals surface area contributed by atoms with Crippen LogP contribution in [-0.2, 0) is 38.3 Å². The van der Waals surface area contributed by atoms with Gasteiger partial charge >= 0.3 is 59.1 Å². The topological polar surface area (TPSA) is 245 Å². The van der Waals surface area contributed by atoms with Crippen LogP contribution in [0, 0.1) is 0 Å². The molecule has 0 aromatic carbocycles. The zero-order valence-corrected chi connectivity index (χ0v) is 21.5. The number of ether oxygens (including phenoxy) is 4. The first-order valence-electron chi connectivity index (χ1n) is 8.08. The first-order valence-corrected chi connectivity index (χ1v) is 9.41. The molecule has 2 aliphatic heterocycles. The van der Waals surface area contributed by atoms with Crippen molar-refractivity contribution in [3.63, 3.8) is 0 Å². The van der Waals surface area contributed by atoms with Crippen molar-refractivity contribution in [2.24, 2.45) is 0 Å².